The summed E-state index contributed by atoms with van der Waals surface area (Å²) in [5.74, 6) is 0.146. The highest BCUT2D eigenvalue weighted by molar-refractivity contribution is 7.84. The Morgan fingerprint density at radius 2 is 1.76 bits per heavy atom. The van der Waals surface area contributed by atoms with Crippen LogP contribution >= 0.6 is 0 Å². The van der Waals surface area contributed by atoms with E-state index in [9.17, 15) is 13.4 Å². The van der Waals surface area contributed by atoms with Gasteiger partial charge in [0.15, 0.2) is 0 Å². The standard InChI is InChI=1S/C29H36FNOS.C8H15FN2O/c1-20(31-33(32)29(2)15-16-29)17-22-13-14-24(18-21-7-3-4-8-21)26(19-22)25-11-6-12-27(30)28(25)23-9-5-10-23;1-7(2)3-8(9,6(10)12)5-11-4-7/h6,11-14,19,21,23,31H,1,3-5,7-10,15-18H2,2H3;11H,3-5H2,1-2H3,(H2,10,12). The van der Waals surface area contributed by atoms with Crippen LogP contribution in [0.4, 0.5) is 8.78 Å². The van der Waals surface area contributed by atoms with Gasteiger partial charge in [0.2, 0.25) is 5.67 Å². The van der Waals surface area contributed by atoms with Gasteiger partial charge in [0.25, 0.3) is 5.91 Å². The van der Waals surface area contributed by atoms with E-state index in [2.05, 4.69) is 47.8 Å². The minimum atomic E-state index is -1.86. The van der Waals surface area contributed by atoms with E-state index in [0.717, 1.165) is 67.0 Å². The van der Waals surface area contributed by atoms with Gasteiger partial charge in [-0.05, 0) is 96.6 Å². The maximum atomic E-state index is 15.1. The molecule has 4 aliphatic rings. The number of hydrogen-bond acceptors (Lipinski definition) is 3. The van der Waals surface area contributed by atoms with Crippen molar-refractivity contribution in [3.8, 4) is 11.1 Å². The molecule has 1 amide bonds. The van der Waals surface area contributed by atoms with Gasteiger partial charge in [-0.25, -0.2) is 13.0 Å². The number of hydrogen-bond donors (Lipinski definition) is 3. The number of halogens is 2. The highest BCUT2D eigenvalue weighted by Crippen LogP contribution is 2.44. The molecule has 3 saturated carbocycles. The number of benzene rings is 2. The van der Waals surface area contributed by atoms with Gasteiger partial charge in [-0.1, -0.05) is 82.9 Å². The lowest BCUT2D eigenvalue weighted by Crippen LogP contribution is -2.56. The molecule has 1 saturated heterocycles. The maximum Gasteiger partial charge on any atom is 0.256 e. The van der Waals surface area contributed by atoms with Crippen molar-refractivity contribution in [2.24, 2.45) is 17.1 Å². The number of allylic oxidation sites excluding steroid dienone is 1. The van der Waals surface area contributed by atoms with Gasteiger partial charge < -0.3 is 15.8 Å². The van der Waals surface area contributed by atoms with Crippen LogP contribution in [0, 0.1) is 17.2 Å². The van der Waals surface area contributed by atoms with Crippen molar-refractivity contribution in [3.05, 3.63) is 71.2 Å². The molecule has 4 fully saturated rings. The number of carbonyl (C=O) groups is 1. The molecule has 5 nitrogen and oxygen atoms in total. The van der Waals surface area contributed by atoms with Crippen molar-refractivity contribution >= 4 is 16.9 Å². The zero-order chi connectivity index (χ0) is 32.4. The van der Waals surface area contributed by atoms with E-state index in [-0.39, 0.29) is 28.9 Å². The summed E-state index contributed by atoms with van der Waals surface area (Å²) in [4.78, 5) is 10.8. The second-order valence-electron chi connectivity index (χ2n) is 15.1. The zero-order valence-corrected chi connectivity index (χ0v) is 28.1. The maximum absolute atomic E-state index is 15.1. The van der Waals surface area contributed by atoms with E-state index in [1.54, 1.807) is 6.07 Å². The first-order valence-electron chi connectivity index (χ1n) is 16.8. The number of nitrogens with one attached hydrogen (secondary N) is 2. The van der Waals surface area contributed by atoms with Crippen molar-refractivity contribution in [2.45, 2.75) is 114 Å². The smallest absolute Gasteiger partial charge is 0.256 e. The molecule has 2 aromatic carbocycles. The Labute approximate surface area is 270 Å². The lowest BCUT2D eigenvalue weighted by molar-refractivity contribution is -0.132. The third-order valence-corrected chi connectivity index (χ3v) is 12.1. The first kappa shape index (κ1) is 33.8. The van der Waals surface area contributed by atoms with Gasteiger partial charge in [-0.2, -0.15) is 0 Å². The molecule has 0 aromatic heterocycles. The van der Waals surface area contributed by atoms with Gasteiger partial charge in [0, 0.05) is 25.2 Å². The van der Waals surface area contributed by atoms with E-state index in [1.807, 2.05) is 19.9 Å². The van der Waals surface area contributed by atoms with Crippen molar-refractivity contribution < 1.29 is 17.8 Å². The molecule has 4 N–H and O–H groups in total. The predicted octanol–water partition coefficient (Wildman–Crippen LogP) is 7.55. The molecule has 2 atom stereocenters. The molecule has 6 rings (SSSR count). The molecular formula is C37H51F2N3O2S. The Balaban J connectivity index is 0.000000282. The fourth-order valence-electron chi connectivity index (χ4n) is 7.13. The second-order valence-corrected chi connectivity index (χ2v) is 16.8. The Kier molecular flexibility index (Phi) is 10.2. The van der Waals surface area contributed by atoms with E-state index in [0.29, 0.717) is 12.3 Å². The number of piperidine rings is 1. The third-order valence-electron chi connectivity index (χ3n) is 10.3. The number of carbonyl (C=O) groups excluding carboxylic acids is 1. The zero-order valence-electron chi connectivity index (χ0n) is 27.3. The number of alkyl halides is 1. The molecule has 0 radical (unpaired) electrons. The first-order chi connectivity index (χ1) is 21.3. The summed E-state index contributed by atoms with van der Waals surface area (Å²) in [7, 11) is -1.08. The van der Waals surface area contributed by atoms with Crippen LogP contribution in [0.15, 0.2) is 48.7 Å². The van der Waals surface area contributed by atoms with Crippen LogP contribution < -0.4 is 15.8 Å². The monoisotopic (exact) mass is 639 g/mol. The Morgan fingerprint density at radius 3 is 2.33 bits per heavy atom. The lowest BCUT2D eigenvalue weighted by Gasteiger charge is -2.38. The Hall–Kier alpha value is -2.58. The summed E-state index contributed by atoms with van der Waals surface area (Å²) >= 11 is 0. The summed E-state index contributed by atoms with van der Waals surface area (Å²) in [6.07, 6.45) is 12.5. The normalized spacial score (nSPS) is 24.6. The Morgan fingerprint density at radius 1 is 1.04 bits per heavy atom. The van der Waals surface area contributed by atoms with Gasteiger partial charge in [-0.15, -0.1) is 0 Å². The minimum absolute atomic E-state index is 0.0474. The molecular weight excluding hydrogens is 588 g/mol. The highest BCUT2D eigenvalue weighted by atomic mass is 32.2. The summed E-state index contributed by atoms with van der Waals surface area (Å²) in [6, 6.07) is 12.3. The molecule has 1 aliphatic heterocycles. The van der Waals surface area contributed by atoms with Crippen molar-refractivity contribution in [1.29, 1.82) is 0 Å². The molecule has 8 heteroatoms. The molecule has 246 valence electrons. The SMILES string of the molecule is C=C(Cc1ccc(CC2CCCC2)c(-c2cccc(F)c2C2CCC2)c1)NS(=O)C1(C)CC1.CC1(C)CNCC(F)(C(N)=O)C1. The molecule has 2 unspecified atom stereocenters. The second kappa shape index (κ2) is 13.6. The van der Waals surface area contributed by atoms with E-state index in [4.69, 9.17) is 5.73 Å². The van der Waals surface area contributed by atoms with E-state index >= 15 is 4.39 Å². The molecule has 45 heavy (non-hydrogen) atoms. The first-order valence-corrected chi connectivity index (χ1v) is 17.9. The van der Waals surface area contributed by atoms with Crippen LogP contribution in [-0.4, -0.2) is 33.6 Å². The third kappa shape index (κ3) is 8.23. The number of amides is 1. The summed E-state index contributed by atoms with van der Waals surface area (Å²) in [5.41, 5.74) is 9.35. The van der Waals surface area contributed by atoms with Gasteiger partial charge in [-0.3, -0.25) is 4.79 Å². The average molecular weight is 640 g/mol. The van der Waals surface area contributed by atoms with Gasteiger partial charge in [0.05, 0.1) is 4.75 Å². The van der Waals surface area contributed by atoms with Crippen LogP contribution in [0.3, 0.4) is 0 Å². The average Bonchev–Trinajstić information content (AvgIpc) is 3.48. The molecule has 1 heterocycles. The number of primary amides is 1. The fourth-order valence-corrected chi connectivity index (χ4v) is 8.18. The van der Waals surface area contributed by atoms with Crippen molar-refractivity contribution in [3.63, 3.8) is 0 Å². The minimum Gasteiger partial charge on any atom is -0.367 e. The van der Waals surface area contributed by atoms with Gasteiger partial charge in [0.1, 0.15) is 16.8 Å². The van der Waals surface area contributed by atoms with E-state index < -0.39 is 22.6 Å². The molecule has 0 spiro atoms. The fraction of sp³-hybridized carbons (Fsp3) is 0.595. The van der Waals surface area contributed by atoms with Crippen LogP contribution in [-0.2, 0) is 28.6 Å². The molecule has 3 aliphatic carbocycles. The van der Waals surface area contributed by atoms with Crippen molar-refractivity contribution in [1.82, 2.24) is 10.0 Å². The largest absolute Gasteiger partial charge is 0.367 e. The van der Waals surface area contributed by atoms with Crippen molar-refractivity contribution in [2.75, 3.05) is 13.1 Å². The lowest BCUT2D eigenvalue weighted by atomic mass is 9.76. The Bertz CT molecular complexity index is 1430. The number of nitrogens with two attached hydrogens (primary N) is 1. The summed E-state index contributed by atoms with van der Waals surface area (Å²) in [5, 5.41) is 2.87. The van der Waals surface area contributed by atoms with Crippen LogP contribution in [0.5, 0.6) is 0 Å². The van der Waals surface area contributed by atoms with Gasteiger partial charge >= 0.3 is 0 Å². The topological polar surface area (TPSA) is 84.2 Å². The van der Waals surface area contributed by atoms with Crippen LogP contribution in [0.1, 0.15) is 108 Å². The summed E-state index contributed by atoms with van der Waals surface area (Å²) < 4.78 is 44.3. The highest BCUT2D eigenvalue weighted by Gasteiger charge is 2.45. The predicted molar refractivity (Wildman–Crippen MR) is 180 cm³/mol. The summed E-state index contributed by atoms with van der Waals surface area (Å²) in [6.45, 7) is 10.8. The number of rotatable bonds is 10. The molecule has 2 aromatic rings. The quantitative estimate of drug-likeness (QED) is 0.251. The van der Waals surface area contributed by atoms with E-state index in [1.165, 1.54) is 43.2 Å². The van der Waals surface area contributed by atoms with Crippen LogP contribution in [0.2, 0.25) is 0 Å². The molecule has 0 bridgehead atoms. The van der Waals surface area contributed by atoms with Crippen LogP contribution in [0.25, 0.3) is 11.1 Å².